The molecule has 0 bridgehead atoms. The normalized spacial score (nSPS) is 11.8. The molecule has 0 saturated heterocycles. The Kier molecular flexibility index (Phi) is 6.57. The minimum atomic E-state index is 0.545. The van der Waals surface area contributed by atoms with E-state index in [2.05, 4.69) is 55.0 Å². The van der Waals surface area contributed by atoms with Gasteiger partial charge in [-0.25, -0.2) is 0 Å². The van der Waals surface area contributed by atoms with Gasteiger partial charge in [-0.2, -0.15) is 0 Å². The van der Waals surface area contributed by atoms with Crippen molar-refractivity contribution < 1.29 is 0 Å². The minimum Gasteiger partial charge on any atom is -0.360 e. The van der Waals surface area contributed by atoms with Crippen LogP contribution in [-0.4, -0.2) is 34.2 Å². The van der Waals surface area contributed by atoms with Gasteiger partial charge in [-0.15, -0.1) is 10.2 Å². The van der Waals surface area contributed by atoms with E-state index >= 15 is 0 Å². The fourth-order valence-electron chi connectivity index (χ4n) is 1.72. The number of anilines is 1. The van der Waals surface area contributed by atoms with Crippen LogP contribution in [0.15, 0.2) is 0 Å². The van der Waals surface area contributed by atoms with Gasteiger partial charge in [0.05, 0.1) is 6.54 Å². The number of hydrogen-bond acceptors (Lipinski definition) is 5. The van der Waals surface area contributed by atoms with Crippen LogP contribution in [0.4, 0.5) is 5.13 Å². The monoisotopic (exact) mass is 270 g/mol. The quantitative estimate of drug-likeness (QED) is 0.787. The van der Waals surface area contributed by atoms with Gasteiger partial charge in [0.15, 0.2) is 0 Å². The third-order valence-corrected chi connectivity index (χ3v) is 3.53. The fourth-order valence-corrected chi connectivity index (χ4v) is 2.51. The molecule has 0 aliphatic carbocycles. The lowest BCUT2D eigenvalue weighted by Crippen LogP contribution is -2.33. The molecule has 1 N–H and O–H groups in total. The van der Waals surface area contributed by atoms with Gasteiger partial charge in [-0.3, -0.25) is 4.90 Å². The highest BCUT2D eigenvalue weighted by atomic mass is 32.1. The molecule has 1 rings (SSSR count). The highest BCUT2D eigenvalue weighted by Crippen LogP contribution is 2.18. The van der Waals surface area contributed by atoms with Crippen LogP contribution in [-0.2, 0) is 6.54 Å². The second-order valence-corrected chi connectivity index (χ2v) is 6.41. The predicted molar refractivity (Wildman–Crippen MR) is 79.1 cm³/mol. The molecule has 0 aliphatic heterocycles. The summed E-state index contributed by atoms with van der Waals surface area (Å²) < 4.78 is 0. The van der Waals surface area contributed by atoms with Crippen molar-refractivity contribution in [3.05, 3.63) is 5.01 Å². The lowest BCUT2D eigenvalue weighted by Gasteiger charge is -2.26. The van der Waals surface area contributed by atoms with Crippen molar-refractivity contribution in [2.24, 2.45) is 5.92 Å². The van der Waals surface area contributed by atoms with Crippen molar-refractivity contribution in [3.8, 4) is 0 Å². The molecular weight excluding hydrogens is 244 g/mol. The fraction of sp³-hybridized carbons (Fsp3) is 0.846. The Morgan fingerprint density at radius 2 is 1.94 bits per heavy atom. The number of rotatable bonds is 8. The zero-order valence-electron chi connectivity index (χ0n) is 12.2. The van der Waals surface area contributed by atoms with E-state index in [9.17, 15) is 0 Å². The summed E-state index contributed by atoms with van der Waals surface area (Å²) >= 11 is 1.67. The highest BCUT2D eigenvalue weighted by molar-refractivity contribution is 7.15. The summed E-state index contributed by atoms with van der Waals surface area (Å²) in [6.07, 6.45) is 1.11. The molecule has 0 fully saturated rings. The molecule has 0 spiro atoms. The van der Waals surface area contributed by atoms with Gasteiger partial charge in [0.1, 0.15) is 5.01 Å². The smallest absolute Gasteiger partial charge is 0.205 e. The molecule has 0 atom stereocenters. The molecule has 0 radical (unpaired) electrons. The summed E-state index contributed by atoms with van der Waals surface area (Å²) in [6, 6.07) is 0.545. The van der Waals surface area contributed by atoms with Gasteiger partial charge < -0.3 is 5.32 Å². The van der Waals surface area contributed by atoms with Crippen molar-refractivity contribution in [2.45, 2.75) is 53.6 Å². The Balaban J connectivity index is 2.55. The molecule has 18 heavy (non-hydrogen) atoms. The van der Waals surface area contributed by atoms with Crippen LogP contribution in [0.25, 0.3) is 0 Å². The molecule has 0 saturated carbocycles. The molecule has 1 heterocycles. The van der Waals surface area contributed by atoms with Gasteiger partial charge in [-0.05, 0) is 26.2 Å². The number of hydrogen-bond donors (Lipinski definition) is 1. The van der Waals surface area contributed by atoms with Crippen LogP contribution < -0.4 is 5.32 Å². The van der Waals surface area contributed by atoms with Gasteiger partial charge in [0.25, 0.3) is 0 Å². The summed E-state index contributed by atoms with van der Waals surface area (Å²) in [6.45, 7) is 14.1. The van der Waals surface area contributed by atoms with Crippen LogP contribution in [0.5, 0.6) is 0 Å². The van der Waals surface area contributed by atoms with Crippen LogP contribution in [0.1, 0.15) is 46.0 Å². The standard InChI is InChI=1S/C13H26N4S/c1-6-7-14-13-16-15-12(18-13)9-17(11(4)5)8-10(2)3/h10-11H,6-9H2,1-5H3,(H,14,16). The van der Waals surface area contributed by atoms with E-state index in [1.807, 2.05) is 0 Å². The molecular formula is C13H26N4S. The van der Waals surface area contributed by atoms with Crippen LogP contribution in [0, 0.1) is 5.92 Å². The maximum Gasteiger partial charge on any atom is 0.205 e. The second kappa shape index (κ2) is 7.69. The minimum absolute atomic E-state index is 0.545. The third-order valence-electron chi connectivity index (χ3n) is 2.66. The summed E-state index contributed by atoms with van der Waals surface area (Å²) in [5.74, 6) is 0.679. The zero-order chi connectivity index (χ0) is 13.5. The molecule has 0 aliphatic rings. The van der Waals surface area contributed by atoms with E-state index in [0.717, 1.165) is 36.2 Å². The molecule has 0 amide bonds. The molecule has 1 aromatic heterocycles. The molecule has 0 unspecified atom stereocenters. The Morgan fingerprint density at radius 3 is 2.50 bits per heavy atom. The molecule has 4 nitrogen and oxygen atoms in total. The first kappa shape index (κ1) is 15.4. The molecule has 0 aromatic carbocycles. The Morgan fingerprint density at radius 1 is 1.22 bits per heavy atom. The first-order chi connectivity index (χ1) is 8.52. The van der Waals surface area contributed by atoms with Gasteiger partial charge in [0.2, 0.25) is 5.13 Å². The van der Waals surface area contributed by atoms with Crippen LogP contribution >= 0.6 is 11.3 Å². The van der Waals surface area contributed by atoms with Crippen molar-refractivity contribution in [3.63, 3.8) is 0 Å². The average molecular weight is 270 g/mol. The third kappa shape index (κ3) is 5.31. The van der Waals surface area contributed by atoms with Crippen molar-refractivity contribution in [1.82, 2.24) is 15.1 Å². The second-order valence-electron chi connectivity index (χ2n) is 5.34. The highest BCUT2D eigenvalue weighted by Gasteiger charge is 2.14. The summed E-state index contributed by atoms with van der Waals surface area (Å²) in [5.41, 5.74) is 0. The number of aromatic nitrogens is 2. The number of nitrogens with one attached hydrogen (secondary N) is 1. The topological polar surface area (TPSA) is 41.1 Å². The maximum atomic E-state index is 4.26. The summed E-state index contributed by atoms with van der Waals surface area (Å²) in [5, 5.41) is 13.8. The van der Waals surface area contributed by atoms with Crippen LogP contribution in [0.3, 0.4) is 0 Å². The zero-order valence-corrected chi connectivity index (χ0v) is 13.0. The molecule has 1 aromatic rings. The van der Waals surface area contributed by atoms with E-state index in [-0.39, 0.29) is 0 Å². The van der Waals surface area contributed by atoms with Gasteiger partial charge in [-0.1, -0.05) is 32.1 Å². The predicted octanol–water partition coefficient (Wildman–Crippen LogP) is 3.23. The molecule has 104 valence electrons. The molecule has 5 heteroatoms. The summed E-state index contributed by atoms with van der Waals surface area (Å²) in [4.78, 5) is 2.45. The van der Waals surface area contributed by atoms with E-state index < -0.39 is 0 Å². The van der Waals surface area contributed by atoms with Crippen molar-refractivity contribution in [2.75, 3.05) is 18.4 Å². The van der Waals surface area contributed by atoms with Crippen molar-refractivity contribution >= 4 is 16.5 Å². The Labute approximate surface area is 115 Å². The average Bonchev–Trinajstić information content (AvgIpc) is 2.72. The first-order valence-electron chi connectivity index (χ1n) is 6.83. The van der Waals surface area contributed by atoms with Crippen molar-refractivity contribution in [1.29, 1.82) is 0 Å². The number of nitrogens with zero attached hydrogens (tertiary/aromatic N) is 3. The van der Waals surface area contributed by atoms with E-state index in [1.165, 1.54) is 0 Å². The Bertz CT molecular complexity index is 335. The largest absolute Gasteiger partial charge is 0.360 e. The lowest BCUT2D eigenvalue weighted by molar-refractivity contribution is 0.188. The lowest BCUT2D eigenvalue weighted by atomic mass is 10.2. The maximum absolute atomic E-state index is 4.26. The van der Waals surface area contributed by atoms with Gasteiger partial charge in [0, 0.05) is 19.1 Å². The van der Waals surface area contributed by atoms with E-state index in [1.54, 1.807) is 11.3 Å². The van der Waals surface area contributed by atoms with E-state index in [0.29, 0.717) is 12.0 Å². The van der Waals surface area contributed by atoms with E-state index in [4.69, 9.17) is 0 Å². The van der Waals surface area contributed by atoms with Crippen LogP contribution in [0.2, 0.25) is 0 Å². The summed E-state index contributed by atoms with van der Waals surface area (Å²) in [7, 11) is 0. The SMILES string of the molecule is CCCNc1nnc(CN(CC(C)C)C(C)C)s1. The Hall–Kier alpha value is -0.680. The first-order valence-corrected chi connectivity index (χ1v) is 7.64. The van der Waals surface area contributed by atoms with Gasteiger partial charge >= 0.3 is 0 Å².